The van der Waals surface area contributed by atoms with E-state index in [9.17, 15) is 0 Å². The van der Waals surface area contributed by atoms with Gasteiger partial charge in [-0.25, -0.2) is 0 Å². The molecule has 0 spiro atoms. The Labute approximate surface area is 132 Å². The largest absolute Gasteiger partial charge is 0.395 e. The molecule has 1 fully saturated rings. The van der Waals surface area contributed by atoms with Crippen LogP contribution >= 0.6 is 22.9 Å². The summed E-state index contributed by atoms with van der Waals surface area (Å²) in [6.07, 6.45) is 1.79. The van der Waals surface area contributed by atoms with Gasteiger partial charge in [0.25, 0.3) is 0 Å². The van der Waals surface area contributed by atoms with Crippen LogP contribution in [0.1, 0.15) is 5.56 Å². The molecule has 0 amide bonds. The Morgan fingerprint density at radius 1 is 1.24 bits per heavy atom. The normalized spacial score (nSPS) is 17.4. The van der Waals surface area contributed by atoms with Crippen LogP contribution in [0.15, 0.2) is 22.9 Å². The Hall–Kier alpha value is -0.920. The van der Waals surface area contributed by atoms with Crippen molar-refractivity contribution >= 4 is 22.9 Å². The van der Waals surface area contributed by atoms with Crippen molar-refractivity contribution in [1.82, 2.24) is 15.0 Å². The molecule has 114 valence electrons. The first-order valence-corrected chi connectivity index (χ1v) is 8.20. The molecule has 5 nitrogen and oxygen atoms in total. The van der Waals surface area contributed by atoms with Crippen LogP contribution in [0.3, 0.4) is 0 Å². The Kier molecular flexibility index (Phi) is 4.92. The number of hydrogen-bond donors (Lipinski definition) is 1. The molecule has 1 aliphatic heterocycles. The number of aliphatic hydroxyl groups is 1. The highest BCUT2D eigenvalue weighted by atomic mass is 35.5. The monoisotopic (exact) mass is 327 g/mol. The first kappa shape index (κ1) is 15.0. The third-order valence-electron chi connectivity index (χ3n) is 3.72. The van der Waals surface area contributed by atoms with Gasteiger partial charge in [0, 0.05) is 44.8 Å². The van der Waals surface area contributed by atoms with Crippen molar-refractivity contribution in [1.29, 1.82) is 0 Å². The molecule has 0 saturated carbocycles. The molecule has 2 aromatic heterocycles. The van der Waals surface area contributed by atoms with Gasteiger partial charge in [-0.05, 0) is 12.1 Å². The number of hydrogen-bond acceptors (Lipinski definition) is 6. The minimum atomic E-state index is 0.231. The lowest BCUT2D eigenvalue weighted by Gasteiger charge is -2.34. The summed E-state index contributed by atoms with van der Waals surface area (Å²) in [5.74, 6) is 0.824. The zero-order valence-electron chi connectivity index (χ0n) is 11.7. The zero-order valence-corrected chi connectivity index (χ0v) is 13.2. The Morgan fingerprint density at radius 2 is 2.00 bits per heavy atom. The van der Waals surface area contributed by atoms with Crippen molar-refractivity contribution in [3.05, 3.63) is 28.2 Å². The average Bonchev–Trinajstić information content (AvgIpc) is 3.10. The molecule has 0 atom stereocenters. The fourth-order valence-corrected chi connectivity index (χ4v) is 3.62. The molecule has 2 aromatic rings. The van der Waals surface area contributed by atoms with E-state index in [1.807, 2.05) is 12.1 Å². The van der Waals surface area contributed by atoms with E-state index in [1.165, 1.54) is 11.3 Å². The number of halogens is 1. The molecule has 0 aliphatic carbocycles. The van der Waals surface area contributed by atoms with E-state index in [2.05, 4.69) is 15.0 Å². The van der Waals surface area contributed by atoms with Crippen molar-refractivity contribution < 1.29 is 9.63 Å². The summed E-state index contributed by atoms with van der Waals surface area (Å²) in [6.45, 7) is 5.81. The number of aliphatic hydroxyl groups excluding tert-OH is 1. The van der Waals surface area contributed by atoms with E-state index in [1.54, 1.807) is 6.20 Å². The van der Waals surface area contributed by atoms with Gasteiger partial charge in [-0.1, -0.05) is 16.8 Å². The van der Waals surface area contributed by atoms with Crippen LogP contribution in [-0.2, 0) is 6.54 Å². The fourth-order valence-electron chi connectivity index (χ4n) is 2.57. The zero-order chi connectivity index (χ0) is 14.7. The first-order valence-electron chi connectivity index (χ1n) is 7.01. The summed E-state index contributed by atoms with van der Waals surface area (Å²) < 4.78 is 6.15. The average molecular weight is 328 g/mol. The fraction of sp³-hybridized carbons (Fsp3) is 0.500. The van der Waals surface area contributed by atoms with Gasteiger partial charge in [-0.3, -0.25) is 9.80 Å². The van der Waals surface area contributed by atoms with E-state index >= 15 is 0 Å². The van der Waals surface area contributed by atoms with E-state index in [-0.39, 0.29) is 6.61 Å². The van der Waals surface area contributed by atoms with Crippen LogP contribution in [0, 0.1) is 0 Å². The summed E-state index contributed by atoms with van der Waals surface area (Å²) in [4.78, 5) is 5.69. The number of aromatic nitrogens is 1. The first-order chi connectivity index (χ1) is 10.3. The molecule has 3 rings (SSSR count). The van der Waals surface area contributed by atoms with Gasteiger partial charge < -0.3 is 9.63 Å². The second-order valence-corrected chi connectivity index (χ2v) is 6.84. The summed E-state index contributed by atoms with van der Waals surface area (Å²) >= 11 is 7.49. The van der Waals surface area contributed by atoms with Crippen molar-refractivity contribution in [2.24, 2.45) is 0 Å². The van der Waals surface area contributed by atoms with Crippen LogP contribution in [0.25, 0.3) is 10.6 Å². The minimum absolute atomic E-state index is 0.231. The van der Waals surface area contributed by atoms with Gasteiger partial charge in [0.15, 0.2) is 5.76 Å². The molecule has 0 unspecified atom stereocenters. The molecule has 3 heterocycles. The highest BCUT2D eigenvalue weighted by Gasteiger charge is 2.20. The van der Waals surface area contributed by atoms with Gasteiger partial charge in [-0.2, -0.15) is 0 Å². The van der Waals surface area contributed by atoms with E-state index < -0.39 is 0 Å². The van der Waals surface area contributed by atoms with E-state index in [0.717, 1.165) is 59.8 Å². The van der Waals surface area contributed by atoms with Crippen LogP contribution in [0.4, 0.5) is 0 Å². The molecule has 0 bridgehead atoms. The predicted octanol–water partition coefficient (Wildman–Crippen LogP) is 2.17. The standard InChI is InChI=1S/C14H18ClN3O2S/c15-13-2-1-12(21-13)14-11(9-16-20-14)10-18-5-3-17(4-6-18)7-8-19/h1-2,9,19H,3-8,10H2. The molecule has 1 N–H and O–H groups in total. The van der Waals surface area contributed by atoms with Gasteiger partial charge in [0.2, 0.25) is 0 Å². The second-order valence-electron chi connectivity index (χ2n) is 5.13. The van der Waals surface area contributed by atoms with Crippen molar-refractivity contribution in [3.8, 4) is 10.6 Å². The molecule has 0 aromatic carbocycles. The maximum atomic E-state index is 8.97. The lowest BCUT2D eigenvalue weighted by molar-refractivity contribution is 0.108. The van der Waals surface area contributed by atoms with Crippen molar-refractivity contribution in [2.75, 3.05) is 39.3 Å². The van der Waals surface area contributed by atoms with Crippen molar-refractivity contribution in [2.45, 2.75) is 6.54 Å². The number of β-amino-alcohol motifs (C(OH)–C–C–N with tert-alkyl or cyclic N) is 1. The minimum Gasteiger partial charge on any atom is -0.395 e. The smallest absolute Gasteiger partial charge is 0.181 e. The quantitative estimate of drug-likeness (QED) is 0.912. The Balaban J connectivity index is 1.63. The van der Waals surface area contributed by atoms with Gasteiger partial charge >= 0.3 is 0 Å². The molecule has 7 heteroatoms. The SMILES string of the molecule is OCCN1CCN(Cc2cnoc2-c2ccc(Cl)s2)CC1. The van der Waals surface area contributed by atoms with Crippen LogP contribution in [-0.4, -0.2) is 59.4 Å². The Bertz CT molecular complexity index is 578. The van der Waals surface area contributed by atoms with Gasteiger partial charge in [0.05, 0.1) is 22.0 Å². The Morgan fingerprint density at radius 3 is 2.67 bits per heavy atom. The maximum Gasteiger partial charge on any atom is 0.181 e. The molecule has 1 saturated heterocycles. The maximum absolute atomic E-state index is 8.97. The number of thiophene rings is 1. The second kappa shape index (κ2) is 6.89. The van der Waals surface area contributed by atoms with E-state index in [0.29, 0.717) is 0 Å². The topological polar surface area (TPSA) is 52.7 Å². The van der Waals surface area contributed by atoms with Gasteiger partial charge in [0.1, 0.15) is 0 Å². The number of nitrogens with zero attached hydrogens (tertiary/aromatic N) is 3. The van der Waals surface area contributed by atoms with Crippen LogP contribution in [0.5, 0.6) is 0 Å². The highest BCUT2D eigenvalue weighted by molar-refractivity contribution is 7.19. The third-order valence-corrected chi connectivity index (χ3v) is 4.95. The lowest BCUT2D eigenvalue weighted by atomic mass is 10.2. The lowest BCUT2D eigenvalue weighted by Crippen LogP contribution is -2.46. The summed E-state index contributed by atoms with van der Waals surface area (Å²) in [5, 5.41) is 12.9. The summed E-state index contributed by atoms with van der Waals surface area (Å²) in [6, 6.07) is 3.84. The van der Waals surface area contributed by atoms with Gasteiger partial charge in [-0.15, -0.1) is 11.3 Å². The molecule has 1 aliphatic rings. The summed E-state index contributed by atoms with van der Waals surface area (Å²) in [7, 11) is 0. The molecular formula is C14H18ClN3O2S. The molecule has 0 radical (unpaired) electrons. The highest BCUT2D eigenvalue weighted by Crippen LogP contribution is 2.33. The van der Waals surface area contributed by atoms with Crippen LogP contribution in [0.2, 0.25) is 4.34 Å². The molecule has 21 heavy (non-hydrogen) atoms. The number of piperazine rings is 1. The third kappa shape index (κ3) is 3.64. The molecular weight excluding hydrogens is 310 g/mol. The van der Waals surface area contributed by atoms with E-state index in [4.69, 9.17) is 21.2 Å². The number of rotatable bonds is 5. The summed E-state index contributed by atoms with van der Waals surface area (Å²) in [5.41, 5.74) is 1.10. The predicted molar refractivity (Wildman–Crippen MR) is 83.6 cm³/mol. The van der Waals surface area contributed by atoms with Crippen LogP contribution < -0.4 is 0 Å². The van der Waals surface area contributed by atoms with Crippen molar-refractivity contribution in [3.63, 3.8) is 0 Å².